The van der Waals surface area contributed by atoms with E-state index >= 15 is 0 Å². The monoisotopic (exact) mass is 515 g/mol. The molecule has 1 fully saturated rings. The smallest absolute Gasteiger partial charge is 0.242 e. The second kappa shape index (κ2) is 11.0. The number of amides is 1. The quantitative estimate of drug-likeness (QED) is 0.203. The molecule has 0 spiro atoms. The molecule has 2 aromatic carbocycles. The fraction of sp³-hybridized carbons (Fsp3) is 0.192. The molecule has 2 N–H and O–H groups in total. The number of carbonyl (C=O) groups excluding carboxylic acids is 2. The van der Waals surface area contributed by atoms with Crippen LogP contribution in [0.5, 0.6) is 0 Å². The van der Waals surface area contributed by atoms with Crippen molar-refractivity contribution in [3.63, 3.8) is 0 Å². The lowest BCUT2D eigenvalue weighted by molar-refractivity contribution is -0.132. The second-order valence-electron chi connectivity index (χ2n) is 7.88. The van der Waals surface area contributed by atoms with E-state index in [-0.39, 0.29) is 23.7 Å². The maximum atomic E-state index is 13.6. The van der Waals surface area contributed by atoms with Gasteiger partial charge in [-0.2, -0.15) is 0 Å². The number of Topliss-reactive ketones (excluding diaryl/α,β-unsaturated/α-hetero) is 1. The van der Waals surface area contributed by atoms with Crippen LogP contribution in [0.15, 0.2) is 88.9 Å². The first-order chi connectivity index (χ1) is 16.6. The van der Waals surface area contributed by atoms with Gasteiger partial charge in [-0.15, -0.1) is 11.8 Å². The molecule has 2 unspecified atom stereocenters. The molecule has 0 radical (unpaired) electrons. The number of ketones is 1. The lowest BCUT2D eigenvalue weighted by Gasteiger charge is -2.40. The number of anilines is 1. The lowest BCUT2D eigenvalue weighted by atomic mass is 9.79. The van der Waals surface area contributed by atoms with E-state index in [9.17, 15) is 18.4 Å². The summed E-state index contributed by atoms with van der Waals surface area (Å²) < 4.78 is 26.9. The Hall–Kier alpha value is -3.23. The van der Waals surface area contributed by atoms with Gasteiger partial charge in [0.05, 0.1) is 10.7 Å². The van der Waals surface area contributed by atoms with Gasteiger partial charge in [0.25, 0.3) is 0 Å². The molecule has 0 aliphatic carbocycles. The molecular weight excluding hydrogens is 492 g/mol. The first-order valence-corrected chi connectivity index (χ1v) is 11.9. The van der Waals surface area contributed by atoms with Crippen LogP contribution < -0.4 is 10.6 Å². The third-order valence-electron chi connectivity index (χ3n) is 5.45. The highest BCUT2D eigenvalue weighted by molar-refractivity contribution is 8.01. The summed E-state index contributed by atoms with van der Waals surface area (Å²) in [5.41, 5.74) is -0.154. The van der Waals surface area contributed by atoms with Crippen molar-refractivity contribution >= 4 is 46.6 Å². The van der Waals surface area contributed by atoms with Gasteiger partial charge >= 0.3 is 0 Å². The summed E-state index contributed by atoms with van der Waals surface area (Å²) in [6, 6.07) is 10.3. The maximum absolute atomic E-state index is 13.6. The number of hydrogen-bond acceptors (Lipinski definition) is 4. The maximum Gasteiger partial charge on any atom is 0.242 e. The highest BCUT2D eigenvalue weighted by Crippen LogP contribution is 2.39. The Morgan fingerprint density at radius 2 is 1.97 bits per heavy atom. The zero-order valence-corrected chi connectivity index (χ0v) is 20.8. The normalized spacial score (nSPS) is 20.9. The van der Waals surface area contributed by atoms with Crippen LogP contribution in [0.1, 0.15) is 20.3 Å². The predicted octanol–water partition coefficient (Wildman–Crippen LogP) is 6.08. The van der Waals surface area contributed by atoms with Gasteiger partial charge in [-0.3, -0.25) is 9.59 Å². The predicted molar refractivity (Wildman–Crippen MR) is 138 cm³/mol. The fourth-order valence-corrected chi connectivity index (χ4v) is 4.86. The number of nitrogens with zero attached hydrogens (tertiary/aromatic N) is 1. The van der Waals surface area contributed by atoms with Crippen LogP contribution in [0, 0.1) is 11.6 Å². The van der Waals surface area contributed by atoms with Crippen LogP contribution in [0.25, 0.3) is 0 Å². The molecule has 0 saturated carbocycles. The van der Waals surface area contributed by atoms with Crippen molar-refractivity contribution in [3.8, 4) is 0 Å². The summed E-state index contributed by atoms with van der Waals surface area (Å²) in [5, 5.41) is 5.27. The molecule has 0 aromatic heterocycles. The summed E-state index contributed by atoms with van der Waals surface area (Å²) in [7, 11) is 0. The van der Waals surface area contributed by atoms with Crippen molar-refractivity contribution in [3.05, 3.63) is 95.7 Å². The number of aliphatic imine (C=N–C) groups is 1. The van der Waals surface area contributed by atoms with Crippen LogP contribution >= 0.6 is 23.4 Å². The largest absolute Gasteiger partial charge is 0.340 e. The van der Waals surface area contributed by atoms with Crippen molar-refractivity contribution in [1.29, 1.82) is 0 Å². The summed E-state index contributed by atoms with van der Waals surface area (Å²) in [6.07, 6.45) is 2.97. The average Bonchev–Trinajstić information content (AvgIpc) is 2.82. The Morgan fingerprint density at radius 1 is 1.26 bits per heavy atom. The van der Waals surface area contributed by atoms with E-state index in [1.807, 2.05) is 0 Å². The Labute approximate surface area is 212 Å². The van der Waals surface area contributed by atoms with Crippen LogP contribution in [-0.4, -0.2) is 28.3 Å². The van der Waals surface area contributed by atoms with Gasteiger partial charge in [0.2, 0.25) is 5.91 Å². The fourth-order valence-electron chi connectivity index (χ4n) is 3.62. The van der Waals surface area contributed by atoms with Crippen LogP contribution in [-0.2, 0) is 9.59 Å². The zero-order chi connectivity index (χ0) is 25.8. The molecule has 1 aliphatic heterocycles. The molecule has 5 nitrogen and oxygen atoms in total. The number of benzene rings is 2. The van der Waals surface area contributed by atoms with Gasteiger partial charge in [0.1, 0.15) is 16.6 Å². The standard InChI is InChI=1S/C26H24ClF2N3O2S/c1-5-22(31-23(6-2)30-16-11-12-18(28)19(29)13-16)26(15(3)4)14-20(33)24(25(34)32-26)35-21-10-8-7-9-17(21)27/h5-13,24H,2-3,14H2,1,4H3,(H,30,31)(H,32,34). The number of rotatable bonds is 7. The third-order valence-corrected chi connectivity index (χ3v) is 7.22. The molecule has 0 bridgehead atoms. The molecule has 1 saturated heterocycles. The van der Waals surface area contributed by atoms with E-state index in [2.05, 4.69) is 28.8 Å². The average molecular weight is 516 g/mol. The Kier molecular flexibility index (Phi) is 8.30. The molecule has 3 rings (SSSR count). The molecule has 182 valence electrons. The van der Waals surface area contributed by atoms with E-state index in [1.165, 1.54) is 12.1 Å². The second-order valence-corrected chi connectivity index (χ2v) is 9.43. The molecule has 1 aliphatic rings. The number of halogens is 3. The minimum absolute atomic E-state index is 0.0744. The number of amidine groups is 1. The zero-order valence-electron chi connectivity index (χ0n) is 19.2. The van der Waals surface area contributed by atoms with E-state index in [4.69, 9.17) is 11.6 Å². The number of allylic oxidation sites excluding steroid dienone is 1. The highest BCUT2D eigenvalue weighted by Gasteiger charge is 2.48. The summed E-state index contributed by atoms with van der Waals surface area (Å²) in [6.45, 7) is 11.1. The Morgan fingerprint density at radius 3 is 2.54 bits per heavy atom. The van der Waals surface area contributed by atoms with E-state index in [1.54, 1.807) is 44.2 Å². The number of thioether (sulfide) groups is 1. The third kappa shape index (κ3) is 5.71. The van der Waals surface area contributed by atoms with Crippen molar-refractivity contribution in [2.45, 2.75) is 36.0 Å². The number of carbonyl (C=O) groups is 2. The SMILES string of the molecule is C=CC(=NC(=CC)C1(C(=C)C)CC(=O)C(Sc2ccccc2Cl)C(=O)N1)Nc1ccc(F)c(F)c1. The summed E-state index contributed by atoms with van der Waals surface area (Å²) in [5.74, 6) is -2.58. The minimum atomic E-state index is -1.26. The Balaban J connectivity index is 1.91. The molecule has 2 atom stereocenters. The van der Waals surface area contributed by atoms with Gasteiger partial charge in [0.15, 0.2) is 17.4 Å². The van der Waals surface area contributed by atoms with Crippen molar-refractivity contribution in [1.82, 2.24) is 5.32 Å². The topological polar surface area (TPSA) is 70.6 Å². The van der Waals surface area contributed by atoms with Crippen LogP contribution in [0.2, 0.25) is 5.02 Å². The van der Waals surface area contributed by atoms with Crippen LogP contribution in [0.3, 0.4) is 0 Å². The number of hydrogen-bond donors (Lipinski definition) is 2. The molecular formula is C26H24ClF2N3O2S. The molecule has 9 heteroatoms. The van der Waals surface area contributed by atoms with Gasteiger partial charge in [0, 0.05) is 23.1 Å². The summed E-state index contributed by atoms with van der Waals surface area (Å²) in [4.78, 5) is 31.5. The van der Waals surface area contributed by atoms with Crippen molar-refractivity contribution in [2.24, 2.45) is 4.99 Å². The van der Waals surface area contributed by atoms with Gasteiger partial charge in [-0.25, -0.2) is 13.8 Å². The van der Waals surface area contributed by atoms with Gasteiger partial charge in [-0.1, -0.05) is 43.0 Å². The van der Waals surface area contributed by atoms with Crippen LogP contribution in [0.4, 0.5) is 14.5 Å². The molecule has 35 heavy (non-hydrogen) atoms. The number of piperidine rings is 1. The minimum Gasteiger partial charge on any atom is -0.340 e. The lowest BCUT2D eigenvalue weighted by Crippen LogP contribution is -2.60. The van der Waals surface area contributed by atoms with E-state index in [0.717, 1.165) is 23.9 Å². The van der Waals surface area contributed by atoms with Gasteiger partial charge < -0.3 is 10.6 Å². The van der Waals surface area contributed by atoms with E-state index in [0.29, 0.717) is 21.2 Å². The van der Waals surface area contributed by atoms with Gasteiger partial charge in [-0.05, 0) is 49.8 Å². The van der Waals surface area contributed by atoms with Crippen molar-refractivity contribution < 1.29 is 18.4 Å². The molecule has 2 aromatic rings. The first kappa shape index (κ1) is 26.4. The van der Waals surface area contributed by atoms with Crippen molar-refractivity contribution in [2.75, 3.05) is 5.32 Å². The summed E-state index contributed by atoms with van der Waals surface area (Å²) >= 11 is 7.30. The number of nitrogens with one attached hydrogen (secondary N) is 2. The molecule has 1 amide bonds. The Bertz CT molecular complexity index is 1240. The highest BCUT2D eigenvalue weighted by atomic mass is 35.5. The van der Waals surface area contributed by atoms with E-state index < -0.39 is 28.3 Å². The first-order valence-electron chi connectivity index (χ1n) is 10.6. The molecule has 1 heterocycles.